The highest BCUT2D eigenvalue weighted by atomic mass is 16.5. The average molecular weight is 428 g/mol. The van der Waals surface area contributed by atoms with Crippen LogP contribution >= 0.6 is 0 Å². The molecule has 31 heavy (non-hydrogen) atoms. The smallest absolute Gasteiger partial charge is 0.278 e. The van der Waals surface area contributed by atoms with Gasteiger partial charge in [0, 0.05) is 18.5 Å². The summed E-state index contributed by atoms with van der Waals surface area (Å²) in [5.74, 6) is -1.10. The van der Waals surface area contributed by atoms with E-state index in [1.165, 1.54) is 6.26 Å². The number of imide groups is 1. The van der Waals surface area contributed by atoms with Crippen molar-refractivity contribution >= 4 is 24.0 Å². The fourth-order valence-electron chi connectivity index (χ4n) is 3.73. The van der Waals surface area contributed by atoms with Gasteiger partial charge in [-0.3, -0.25) is 19.3 Å². The van der Waals surface area contributed by atoms with Crippen LogP contribution in [0.5, 0.6) is 0 Å². The molecule has 1 atom stereocenters. The van der Waals surface area contributed by atoms with Gasteiger partial charge in [-0.25, -0.2) is 4.98 Å². The Morgan fingerprint density at radius 3 is 2.81 bits per heavy atom. The quantitative estimate of drug-likeness (QED) is 0.449. The molecule has 0 saturated heterocycles. The SMILES string of the molecule is Cc1coc(-c2noc(CN3CCCC4=C3C(=O)N(C(C=O)CCC(N)=O)C4=O)n2)n1. The van der Waals surface area contributed by atoms with E-state index in [0.29, 0.717) is 36.9 Å². The summed E-state index contributed by atoms with van der Waals surface area (Å²) in [5.41, 5.74) is 6.36. The summed E-state index contributed by atoms with van der Waals surface area (Å²) >= 11 is 0. The molecule has 2 aliphatic heterocycles. The Morgan fingerprint density at radius 1 is 1.32 bits per heavy atom. The number of carbonyl (C=O) groups excluding carboxylic acids is 4. The van der Waals surface area contributed by atoms with Gasteiger partial charge in [-0.1, -0.05) is 5.16 Å². The van der Waals surface area contributed by atoms with Crippen molar-refractivity contribution in [3.05, 3.63) is 29.1 Å². The van der Waals surface area contributed by atoms with Crippen molar-refractivity contribution in [3.8, 4) is 11.7 Å². The number of oxazole rings is 1. The predicted octanol–water partition coefficient (Wildman–Crippen LogP) is 0.0847. The van der Waals surface area contributed by atoms with E-state index in [1.54, 1.807) is 11.8 Å². The third-order valence-corrected chi connectivity index (χ3v) is 5.13. The molecule has 2 N–H and O–H groups in total. The highest BCUT2D eigenvalue weighted by molar-refractivity contribution is 6.20. The molecule has 2 aromatic heterocycles. The number of aryl methyl sites for hydroxylation is 1. The van der Waals surface area contributed by atoms with E-state index in [-0.39, 0.29) is 42.7 Å². The van der Waals surface area contributed by atoms with Crippen molar-refractivity contribution in [2.75, 3.05) is 6.54 Å². The van der Waals surface area contributed by atoms with Crippen LogP contribution in [0.4, 0.5) is 0 Å². The van der Waals surface area contributed by atoms with Crippen LogP contribution in [-0.2, 0) is 25.7 Å². The highest BCUT2D eigenvalue weighted by Gasteiger charge is 2.45. The van der Waals surface area contributed by atoms with Crippen LogP contribution < -0.4 is 5.73 Å². The summed E-state index contributed by atoms with van der Waals surface area (Å²) in [6, 6.07) is -1.05. The lowest BCUT2D eigenvalue weighted by atomic mass is 10.0. The number of primary amides is 1. The van der Waals surface area contributed by atoms with E-state index in [1.807, 2.05) is 0 Å². The van der Waals surface area contributed by atoms with E-state index in [9.17, 15) is 19.2 Å². The zero-order valence-electron chi connectivity index (χ0n) is 16.7. The molecule has 3 amide bonds. The van der Waals surface area contributed by atoms with Gasteiger partial charge >= 0.3 is 0 Å². The Hall–Kier alpha value is -3.83. The van der Waals surface area contributed by atoms with Crippen LogP contribution in [-0.4, -0.2) is 61.5 Å². The molecule has 1 unspecified atom stereocenters. The van der Waals surface area contributed by atoms with E-state index in [4.69, 9.17) is 14.7 Å². The Kier molecular flexibility index (Phi) is 5.36. The first-order chi connectivity index (χ1) is 14.9. The Bertz CT molecular complexity index is 1090. The Labute approximate surface area is 176 Å². The van der Waals surface area contributed by atoms with Crippen molar-refractivity contribution in [2.45, 2.75) is 45.2 Å². The summed E-state index contributed by atoms with van der Waals surface area (Å²) in [6.45, 7) is 2.36. The van der Waals surface area contributed by atoms with Gasteiger partial charge in [-0.15, -0.1) is 0 Å². The van der Waals surface area contributed by atoms with Gasteiger partial charge in [0.05, 0.1) is 18.3 Å². The molecule has 4 heterocycles. The first-order valence-electron chi connectivity index (χ1n) is 9.73. The van der Waals surface area contributed by atoms with Gasteiger partial charge in [0.1, 0.15) is 18.2 Å². The standard InChI is InChI=1S/C19H20N6O6/c1-10-9-30-17(21-10)16-22-14(31-23-16)7-24-6-2-3-12-15(24)19(29)25(18(12)28)11(8-26)4-5-13(20)27/h8-9,11H,2-7H2,1H3,(H2,20,27). The summed E-state index contributed by atoms with van der Waals surface area (Å²) in [7, 11) is 0. The second-order valence-electron chi connectivity index (χ2n) is 7.35. The number of hydrogen-bond acceptors (Lipinski definition) is 10. The molecule has 162 valence electrons. The van der Waals surface area contributed by atoms with Crippen molar-refractivity contribution in [1.82, 2.24) is 24.9 Å². The number of nitrogens with two attached hydrogens (primary N) is 1. The molecular formula is C19H20N6O6. The van der Waals surface area contributed by atoms with Crippen molar-refractivity contribution in [2.24, 2.45) is 5.73 Å². The number of nitrogens with zero attached hydrogens (tertiary/aromatic N) is 5. The normalized spacial score (nSPS) is 17.3. The number of aldehydes is 1. The molecule has 4 rings (SSSR count). The molecular weight excluding hydrogens is 408 g/mol. The van der Waals surface area contributed by atoms with Crippen LogP contribution in [0.1, 0.15) is 37.3 Å². The fraction of sp³-hybridized carbons (Fsp3) is 0.421. The van der Waals surface area contributed by atoms with Gasteiger partial charge < -0.3 is 24.4 Å². The van der Waals surface area contributed by atoms with Gasteiger partial charge in [0.25, 0.3) is 23.5 Å². The molecule has 2 aromatic rings. The molecule has 12 nitrogen and oxygen atoms in total. The number of amides is 3. The molecule has 0 fully saturated rings. The summed E-state index contributed by atoms with van der Waals surface area (Å²) in [5, 5.41) is 3.84. The van der Waals surface area contributed by atoms with E-state index in [0.717, 1.165) is 4.90 Å². The Balaban J connectivity index is 1.54. The molecule has 0 radical (unpaired) electrons. The number of carbonyl (C=O) groups is 4. The van der Waals surface area contributed by atoms with E-state index >= 15 is 0 Å². The van der Waals surface area contributed by atoms with Crippen LogP contribution in [0.25, 0.3) is 11.7 Å². The van der Waals surface area contributed by atoms with Gasteiger partial charge in [0.15, 0.2) is 0 Å². The predicted molar refractivity (Wildman–Crippen MR) is 101 cm³/mol. The minimum absolute atomic E-state index is 0.0144. The molecule has 12 heteroatoms. The van der Waals surface area contributed by atoms with Gasteiger partial charge in [-0.2, -0.15) is 4.98 Å². The Morgan fingerprint density at radius 2 is 2.13 bits per heavy atom. The third kappa shape index (κ3) is 3.83. The van der Waals surface area contributed by atoms with E-state index < -0.39 is 23.8 Å². The zero-order chi connectivity index (χ0) is 22.1. The summed E-state index contributed by atoms with van der Waals surface area (Å²) in [4.78, 5) is 59.5. The largest absolute Gasteiger partial charge is 0.442 e. The minimum atomic E-state index is -1.05. The van der Waals surface area contributed by atoms with E-state index in [2.05, 4.69) is 15.1 Å². The monoisotopic (exact) mass is 428 g/mol. The first kappa shape index (κ1) is 20.4. The maximum Gasteiger partial charge on any atom is 0.278 e. The maximum absolute atomic E-state index is 13.1. The summed E-state index contributed by atoms with van der Waals surface area (Å²) in [6.07, 6.45) is 2.88. The number of rotatable bonds is 8. The summed E-state index contributed by atoms with van der Waals surface area (Å²) < 4.78 is 10.5. The topological polar surface area (TPSA) is 166 Å². The minimum Gasteiger partial charge on any atom is -0.442 e. The van der Waals surface area contributed by atoms with Crippen molar-refractivity contribution in [1.29, 1.82) is 0 Å². The highest BCUT2D eigenvalue weighted by Crippen LogP contribution is 2.34. The molecule has 0 bridgehead atoms. The molecule has 0 aromatic carbocycles. The maximum atomic E-state index is 13.1. The van der Waals surface area contributed by atoms with Gasteiger partial charge in [0.2, 0.25) is 11.8 Å². The second-order valence-corrected chi connectivity index (χ2v) is 7.35. The zero-order valence-corrected chi connectivity index (χ0v) is 16.7. The molecule has 0 saturated carbocycles. The van der Waals surface area contributed by atoms with Crippen molar-refractivity contribution < 1.29 is 28.1 Å². The van der Waals surface area contributed by atoms with Crippen LogP contribution in [0.2, 0.25) is 0 Å². The van der Waals surface area contributed by atoms with Gasteiger partial charge in [-0.05, 0) is 26.2 Å². The number of hydrogen-bond donors (Lipinski definition) is 1. The van der Waals surface area contributed by atoms with Crippen LogP contribution in [0.3, 0.4) is 0 Å². The lowest BCUT2D eigenvalue weighted by Crippen LogP contribution is -2.43. The van der Waals surface area contributed by atoms with Crippen molar-refractivity contribution in [3.63, 3.8) is 0 Å². The lowest BCUT2D eigenvalue weighted by Gasteiger charge is -2.27. The molecule has 0 spiro atoms. The lowest BCUT2D eigenvalue weighted by molar-refractivity contribution is -0.143. The third-order valence-electron chi connectivity index (χ3n) is 5.13. The average Bonchev–Trinajstić information content (AvgIpc) is 3.43. The second kappa shape index (κ2) is 8.13. The van der Waals surface area contributed by atoms with Crippen LogP contribution in [0, 0.1) is 6.92 Å². The first-order valence-corrected chi connectivity index (χ1v) is 9.73. The number of aromatic nitrogens is 3. The molecule has 2 aliphatic rings. The molecule has 0 aliphatic carbocycles. The van der Waals surface area contributed by atoms with Crippen LogP contribution in [0.15, 0.2) is 26.5 Å². The fourth-order valence-corrected chi connectivity index (χ4v) is 3.73.